The van der Waals surface area contributed by atoms with E-state index in [0.717, 1.165) is 51.6 Å². The Bertz CT molecular complexity index is 1020. The van der Waals surface area contributed by atoms with Crippen molar-refractivity contribution in [1.82, 2.24) is 0 Å². The molecule has 0 aromatic heterocycles. The Hall–Kier alpha value is -0.340. The molecule has 338 valence electrons. The van der Waals surface area contributed by atoms with Gasteiger partial charge >= 0.3 is 0 Å². The van der Waals surface area contributed by atoms with E-state index in [0.29, 0.717) is 35.1 Å². The van der Waals surface area contributed by atoms with Crippen molar-refractivity contribution in [3.63, 3.8) is 0 Å². The van der Waals surface area contributed by atoms with E-state index >= 15 is 0 Å². The van der Waals surface area contributed by atoms with E-state index in [2.05, 4.69) is 27.7 Å². The summed E-state index contributed by atoms with van der Waals surface area (Å²) in [6.45, 7) is 13.2. The Morgan fingerprint density at radius 3 is 0.768 bits per heavy atom. The second kappa shape index (κ2) is 34.4. The normalized spacial score (nSPS) is 15.8. The van der Waals surface area contributed by atoms with Crippen LogP contribution >= 0.6 is 0 Å². The average molecular weight is 843 g/mol. The predicted octanol–water partition coefficient (Wildman–Crippen LogP) is 10.1. The summed E-state index contributed by atoms with van der Waals surface area (Å²) in [4.78, 5) is 0. The third-order valence-corrected chi connectivity index (χ3v) is 14.0. The summed E-state index contributed by atoms with van der Waals surface area (Å²) in [6.07, 6.45) is 32.8. The molecule has 0 aromatic carbocycles. The molecule has 0 amide bonds. The molecule has 0 aliphatic carbocycles. The molecule has 4 N–H and O–H groups in total. The quantitative estimate of drug-likeness (QED) is 0.0269. The van der Waals surface area contributed by atoms with Crippen molar-refractivity contribution in [3.8, 4) is 0 Å². The number of unbranched alkanes of at least 4 members (excludes halogenated alkanes) is 26. The highest BCUT2D eigenvalue weighted by Gasteiger charge is 2.37. The lowest BCUT2D eigenvalue weighted by atomic mass is 10.0. The first kappa shape index (κ1) is 55.7. The Labute approximate surface area is 347 Å². The van der Waals surface area contributed by atoms with Crippen LogP contribution in [0.1, 0.15) is 207 Å². The van der Waals surface area contributed by atoms with Crippen LogP contribution in [0.15, 0.2) is 0 Å². The van der Waals surface area contributed by atoms with Gasteiger partial charge in [0.15, 0.2) is 0 Å². The largest absolute Gasteiger partial charge is 0.386 e. The summed E-state index contributed by atoms with van der Waals surface area (Å²) in [6, 6.07) is 0. The van der Waals surface area contributed by atoms with E-state index in [4.69, 9.17) is 0 Å². The van der Waals surface area contributed by atoms with Gasteiger partial charge in [-0.1, -0.05) is 168 Å². The Kier molecular flexibility index (Phi) is 34.2. The van der Waals surface area contributed by atoms with E-state index in [-0.39, 0.29) is 13.1 Å². The summed E-state index contributed by atoms with van der Waals surface area (Å²) in [5.41, 5.74) is 0. The minimum atomic E-state index is -4.34. The van der Waals surface area contributed by atoms with Crippen molar-refractivity contribution >= 4 is 20.2 Å². The van der Waals surface area contributed by atoms with Gasteiger partial charge in [0.05, 0.1) is 26.2 Å². The van der Waals surface area contributed by atoms with Gasteiger partial charge in [0.25, 0.3) is 20.2 Å². The van der Waals surface area contributed by atoms with Crippen molar-refractivity contribution in [2.45, 2.75) is 220 Å². The monoisotopic (exact) mass is 843 g/mol. The first-order valence-electron chi connectivity index (χ1n) is 23.6. The third kappa shape index (κ3) is 33.5. The number of rotatable bonds is 43. The fourth-order valence-corrected chi connectivity index (χ4v) is 9.86. The maximum atomic E-state index is 11.7. The molecule has 0 saturated carbocycles. The zero-order chi connectivity index (χ0) is 42.0. The molecule has 0 heterocycles. The third-order valence-electron chi connectivity index (χ3n) is 12.4. The van der Waals surface area contributed by atoms with Crippen LogP contribution in [0.3, 0.4) is 0 Å². The van der Waals surface area contributed by atoms with Crippen LogP contribution in [0.2, 0.25) is 0 Å². The van der Waals surface area contributed by atoms with Gasteiger partial charge in [-0.15, -0.1) is 0 Å². The minimum Gasteiger partial charge on any atom is -0.386 e. The molecule has 0 bridgehead atoms. The van der Waals surface area contributed by atoms with Gasteiger partial charge in [-0.2, -0.15) is 16.8 Å². The molecule has 12 heteroatoms. The van der Waals surface area contributed by atoms with Crippen LogP contribution in [-0.2, 0) is 20.2 Å². The average Bonchev–Trinajstić information content (AvgIpc) is 3.12. The first-order valence-corrected chi connectivity index (χ1v) is 26.8. The molecular formula is C44H94N2O8S2+2. The van der Waals surface area contributed by atoms with Gasteiger partial charge in [-0.25, -0.2) is 0 Å². The lowest BCUT2D eigenvalue weighted by Crippen LogP contribution is -2.62. The van der Waals surface area contributed by atoms with E-state index in [1.807, 2.05) is 0 Å². The van der Waals surface area contributed by atoms with Gasteiger partial charge in [0.1, 0.15) is 49.9 Å². The highest BCUT2D eigenvalue weighted by atomic mass is 32.2. The van der Waals surface area contributed by atoms with Crippen LogP contribution in [0.5, 0.6) is 0 Å². The van der Waals surface area contributed by atoms with E-state index in [1.54, 1.807) is 0 Å². The number of hydrogen-bond donors (Lipinski definition) is 4. The second-order valence-electron chi connectivity index (χ2n) is 17.6. The number of hydrogen-bond acceptors (Lipinski definition) is 6. The van der Waals surface area contributed by atoms with Crippen LogP contribution < -0.4 is 0 Å². The second-order valence-corrected chi connectivity index (χ2v) is 20.6. The van der Waals surface area contributed by atoms with Crippen LogP contribution in [0, 0.1) is 0 Å². The van der Waals surface area contributed by atoms with Crippen molar-refractivity contribution in [1.29, 1.82) is 0 Å². The van der Waals surface area contributed by atoms with E-state index in [1.165, 1.54) is 141 Å². The molecule has 0 rings (SSSR count). The van der Waals surface area contributed by atoms with Gasteiger partial charge in [-0.3, -0.25) is 9.11 Å². The molecule has 10 nitrogen and oxygen atoms in total. The minimum absolute atomic E-state index is 0.199. The molecule has 0 aliphatic heterocycles. The van der Waals surface area contributed by atoms with Gasteiger partial charge in [-0.05, 0) is 39.5 Å². The van der Waals surface area contributed by atoms with Crippen molar-refractivity contribution in [2.75, 3.05) is 63.9 Å². The van der Waals surface area contributed by atoms with Crippen molar-refractivity contribution in [2.24, 2.45) is 0 Å². The van der Waals surface area contributed by atoms with Crippen molar-refractivity contribution in [3.05, 3.63) is 0 Å². The first-order chi connectivity index (χ1) is 26.7. The number of likely N-dealkylation sites (N-methyl/N-ethyl adjacent to an activating group) is 2. The molecule has 0 saturated heterocycles. The Morgan fingerprint density at radius 2 is 0.571 bits per heavy atom. The standard InChI is InChI=1S/C44H92N2O8S2/c1-5-9-11-13-15-17-19-21-23-25-27-29-31-33-35-45(7-3,39-43(47)41-55(49,50)51)37-38-46(8-4,40-44(48)42-56(52,53)54)36-34-32-30-28-26-24-22-20-18-16-14-12-10-6-2/h43-44,47-48H,5-42H2,1-4H3/p+2. The van der Waals surface area contributed by atoms with E-state index in [9.17, 15) is 36.2 Å². The number of quaternary nitrogens is 2. The van der Waals surface area contributed by atoms with Gasteiger partial charge in [0, 0.05) is 0 Å². The van der Waals surface area contributed by atoms with Gasteiger partial charge in [0.2, 0.25) is 0 Å². The molecule has 56 heavy (non-hydrogen) atoms. The zero-order valence-corrected chi connectivity index (χ0v) is 38.8. The van der Waals surface area contributed by atoms with Gasteiger partial charge < -0.3 is 19.2 Å². The summed E-state index contributed by atoms with van der Waals surface area (Å²) in [7, 11) is -8.69. The van der Waals surface area contributed by atoms with Crippen molar-refractivity contribution < 1.29 is 45.1 Å². The van der Waals surface area contributed by atoms with Crippen LogP contribution in [0.25, 0.3) is 0 Å². The highest BCUT2D eigenvalue weighted by Crippen LogP contribution is 2.21. The molecule has 0 fully saturated rings. The molecule has 0 radical (unpaired) electrons. The lowest BCUT2D eigenvalue weighted by Gasteiger charge is -2.45. The van der Waals surface area contributed by atoms with E-state index < -0.39 is 43.9 Å². The highest BCUT2D eigenvalue weighted by molar-refractivity contribution is 7.86. The lowest BCUT2D eigenvalue weighted by molar-refractivity contribution is -0.982. The number of nitrogens with zero attached hydrogens (tertiary/aromatic N) is 2. The summed E-state index contributed by atoms with van der Waals surface area (Å²) in [5, 5.41) is 21.8. The fourth-order valence-electron chi connectivity index (χ4n) is 8.67. The SMILES string of the molecule is CCCCCCCCCCCCCCCC[N+](CC)(CC[N+](CC)(CCCCCCCCCCCCCCCC)CC(O)CS(=O)(=O)O)CC(O)CS(=O)(=O)O. The molecule has 4 unspecified atom stereocenters. The smallest absolute Gasteiger partial charge is 0.267 e. The fraction of sp³-hybridized carbons (Fsp3) is 1.00. The molecule has 0 spiro atoms. The van der Waals surface area contributed by atoms with Crippen LogP contribution in [0.4, 0.5) is 0 Å². The zero-order valence-electron chi connectivity index (χ0n) is 37.2. The maximum Gasteiger partial charge on any atom is 0.267 e. The molecule has 4 atom stereocenters. The summed E-state index contributed by atoms with van der Waals surface area (Å²) >= 11 is 0. The van der Waals surface area contributed by atoms with Crippen LogP contribution in [-0.4, -0.2) is 121 Å². The topological polar surface area (TPSA) is 149 Å². The Morgan fingerprint density at radius 1 is 0.357 bits per heavy atom. The molecular weight excluding hydrogens is 749 g/mol. The maximum absolute atomic E-state index is 11.7. The molecule has 0 aliphatic rings. The predicted molar refractivity (Wildman–Crippen MR) is 236 cm³/mol. The Balaban J connectivity index is 5.27. The summed E-state index contributed by atoms with van der Waals surface area (Å²) < 4.78 is 66.9. The molecule has 0 aromatic rings. The number of aliphatic hydroxyl groups is 2. The number of aliphatic hydroxyl groups excluding tert-OH is 2. The summed E-state index contributed by atoms with van der Waals surface area (Å²) in [5.74, 6) is -1.41.